The number of phenolic OH excluding ortho intramolecular Hbond substituents is 5. The monoisotopic (exact) mass is 2110 g/mol. The highest BCUT2D eigenvalue weighted by molar-refractivity contribution is 7.97. The van der Waals surface area contributed by atoms with E-state index in [1.54, 1.807) is 60.7 Å². The molecule has 0 aliphatic heterocycles. The fourth-order valence-corrected chi connectivity index (χ4v) is 22.6. The van der Waals surface area contributed by atoms with Crippen molar-refractivity contribution in [3.63, 3.8) is 0 Å². The molecule has 0 aliphatic carbocycles. The molecule has 0 atom stereocenters. The highest BCUT2D eigenvalue weighted by Crippen LogP contribution is 2.57. The lowest BCUT2D eigenvalue weighted by Gasteiger charge is -2.29. The van der Waals surface area contributed by atoms with Gasteiger partial charge in [-0.1, -0.05) is 467 Å². The Kier molecular flexibility index (Phi) is 69.6. The van der Waals surface area contributed by atoms with E-state index in [1.165, 1.54) is 107 Å². The first-order chi connectivity index (χ1) is 66.9. The van der Waals surface area contributed by atoms with Crippen molar-refractivity contribution in [2.24, 2.45) is 59.6 Å². The molecule has 0 saturated carbocycles. The molecule has 10 rings (SSSR count). The molecule has 9 heteroatoms. The van der Waals surface area contributed by atoms with Crippen LogP contribution in [0.25, 0.3) is 0 Å². The maximum atomic E-state index is 9.87. The molecule has 0 aromatic heterocycles. The van der Waals surface area contributed by atoms with E-state index in [0.717, 1.165) is 42.1 Å². The molecule has 5 N–H and O–H groups in total. The van der Waals surface area contributed by atoms with E-state index in [2.05, 4.69) is 505 Å². The molecule has 0 unspecified atom stereocenters. The fraction of sp³-hybridized carbons (Fsp3) is 0.568. The third kappa shape index (κ3) is 93.5. The van der Waals surface area contributed by atoms with Crippen molar-refractivity contribution < 1.29 is 25.5 Å². The predicted molar refractivity (Wildman–Crippen MR) is 681 cm³/mol. The van der Waals surface area contributed by atoms with Gasteiger partial charge in [-0.05, 0) is 314 Å². The highest BCUT2D eigenvalue weighted by atomic mass is 32.2. The number of aromatic hydroxyl groups is 5. The van der Waals surface area contributed by atoms with Crippen LogP contribution in [-0.2, 0) is 48.9 Å². The van der Waals surface area contributed by atoms with Crippen LogP contribution in [-0.4, -0.2) is 60.5 Å². The van der Waals surface area contributed by atoms with Crippen LogP contribution in [0.2, 0.25) is 0 Å². The Bertz CT molecular complexity index is 4380. The predicted octanol–water partition coefficient (Wildman–Crippen LogP) is 42.2. The van der Waals surface area contributed by atoms with Gasteiger partial charge in [-0.15, -0.1) is 0 Å². The van der Waals surface area contributed by atoms with Crippen LogP contribution in [0.1, 0.15) is 421 Å². The molecule has 10 aromatic carbocycles. The largest absolute Gasteiger partial charge is 0.508 e. The molecule has 0 aliphatic rings. The third-order valence-electron chi connectivity index (χ3n) is 19.2. The van der Waals surface area contributed by atoms with Crippen molar-refractivity contribution in [1.82, 2.24) is 0 Å². The van der Waals surface area contributed by atoms with Crippen molar-refractivity contribution in [3.05, 3.63) is 290 Å². The van der Waals surface area contributed by atoms with E-state index in [4.69, 9.17) is 0 Å². The molecule has 836 valence electrons. The zero-order valence-electron chi connectivity index (χ0n) is 105. The van der Waals surface area contributed by atoms with E-state index in [1.807, 2.05) is 60.7 Å². The van der Waals surface area contributed by atoms with Gasteiger partial charge in [0.1, 0.15) is 80.7 Å². The summed E-state index contributed by atoms with van der Waals surface area (Å²) >= 11 is 0. The molecule has 0 amide bonds. The van der Waals surface area contributed by atoms with Crippen LogP contribution >= 0.6 is 7.26 Å². The third-order valence-corrected chi connectivity index (χ3v) is 31.0. The molecule has 0 radical (unpaired) electrons. The molecular formula is C139H231O5PS3+4. The van der Waals surface area contributed by atoms with Crippen LogP contribution in [0.15, 0.2) is 293 Å². The second-order valence-electron chi connectivity index (χ2n) is 58.3. The molecule has 0 bridgehead atoms. The average molecular weight is 2110 g/mol. The molecule has 0 saturated heterocycles. The lowest BCUT2D eigenvalue weighted by atomic mass is 9.87. The van der Waals surface area contributed by atoms with E-state index in [-0.39, 0.29) is 44.5 Å². The summed E-state index contributed by atoms with van der Waals surface area (Å²) in [5.74, 6) is 7.93. The molecule has 0 fully saturated rings. The second kappa shape index (κ2) is 70.2. The van der Waals surface area contributed by atoms with Crippen molar-refractivity contribution in [1.29, 1.82) is 0 Å². The van der Waals surface area contributed by atoms with E-state index in [0.29, 0.717) is 81.9 Å². The molecule has 148 heavy (non-hydrogen) atoms. The molecular weight excluding hydrogens is 1880 g/mol. The number of hydrogen-bond donors (Lipinski definition) is 5. The maximum Gasteiger partial charge on any atom is 0.160 e. The Morgan fingerprint density at radius 2 is 0.345 bits per heavy atom. The number of rotatable bonds is 21. The van der Waals surface area contributed by atoms with E-state index >= 15 is 0 Å². The summed E-state index contributed by atoms with van der Waals surface area (Å²) in [5.41, 5.74) is 10.1. The quantitative estimate of drug-likeness (QED) is 0.0365. The first-order valence-electron chi connectivity index (χ1n) is 55.1. The molecule has 0 spiro atoms. The summed E-state index contributed by atoms with van der Waals surface area (Å²) in [5, 5.41) is 52.1. The van der Waals surface area contributed by atoms with Gasteiger partial charge >= 0.3 is 0 Å². The van der Waals surface area contributed by atoms with Gasteiger partial charge in [0.05, 0.1) is 28.0 Å². The average Bonchev–Trinajstić information content (AvgIpc) is 0.750. The summed E-state index contributed by atoms with van der Waals surface area (Å²) < 4.78 is 0. The Balaban J connectivity index is -0.000000793. The summed E-state index contributed by atoms with van der Waals surface area (Å²) in [6.45, 7) is 114. The van der Waals surface area contributed by atoms with Crippen LogP contribution < -0.4 is 15.9 Å². The standard InChI is InChI=1S/C25H29O3P.C19H24O2S.C19H25S.C11H25S.3C10H14.7C5H12/c1-25(2,3)17-4-18-29(22-11-5-19(26)6-12-22,23-13-7-20(27)8-14-23)24-15-9-21(28)10-16-24;1-19(2,3)13-4-14-22(17-9-5-15(20)6-10-17)18-11-7-16(21)8-12-18;1-19(2,3)15-10-16-20(17-11-6-4-7-12-17)18-13-8-5-9-14-18;1-6-12(7-2)10-8-9-11(3,4)5;3*1-10(2,3)9-7-5-4-6-8-9;7*1-5(2,3)4/h5-16H,4,17-18H2,1-3H3,(H2-,26,27,28);5-12H,4,13-14H2,1-3H3,(H-,20,21);4-9,11-14H,10,15-16H2,1-3H3;6-10H2,1-5H3;3*4-8H,1-3H3;7*1-4H3/q;;2*+1;;;;;;;;;;/p+2. The van der Waals surface area contributed by atoms with Gasteiger partial charge in [0.2, 0.25) is 0 Å². The molecule has 0 heterocycles. The Morgan fingerprint density at radius 3 is 0.507 bits per heavy atom. The SMILES string of the molecule is CC(C)(C)C.CC(C)(C)C.CC(C)(C)C.CC(C)(C)C.CC(C)(C)C.CC(C)(C)C.CC(C)(C)C.CC(C)(C)CCC[P+](c1ccc(O)cc1)(c1ccc(O)cc1)c1ccc(O)cc1.CC(C)(C)CCC[S+](c1ccc(O)cc1)c1ccc(O)cc1.CC(C)(C)CCC[S+](c1ccccc1)c1ccccc1.CC(C)(C)c1ccccc1.CC(C)(C)c1ccccc1.CC(C)(C)c1ccccc1.CC[S+](CC)CCCC(C)(C)C. The van der Waals surface area contributed by atoms with Gasteiger partial charge in [-0.2, -0.15) is 0 Å². The van der Waals surface area contributed by atoms with Crippen LogP contribution in [0.5, 0.6) is 28.7 Å². The van der Waals surface area contributed by atoms with Crippen LogP contribution in [0.4, 0.5) is 0 Å². The lowest BCUT2D eigenvalue weighted by Crippen LogP contribution is -2.33. The van der Waals surface area contributed by atoms with E-state index < -0.39 is 7.26 Å². The minimum atomic E-state index is -2.03. The lowest BCUT2D eigenvalue weighted by molar-refractivity contribution is 0.374. The fourth-order valence-electron chi connectivity index (χ4n) is 12.5. The van der Waals surface area contributed by atoms with Gasteiger partial charge in [-0.3, -0.25) is 0 Å². The van der Waals surface area contributed by atoms with Gasteiger partial charge in [0.15, 0.2) is 19.6 Å². The minimum absolute atomic E-state index is 0.0247. The zero-order valence-corrected chi connectivity index (χ0v) is 109. The summed E-state index contributed by atoms with van der Waals surface area (Å²) in [7, 11) is -1.12. The number of phenols is 5. The maximum absolute atomic E-state index is 9.87. The summed E-state index contributed by atoms with van der Waals surface area (Å²) in [6.07, 6.45) is 10.9. The first kappa shape index (κ1) is 147. The molecule has 5 nitrogen and oxygen atoms in total. The van der Waals surface area contributed by atoms with Crippen molar-refractivity contribution >= 4 is 55.9 Å². The van der Waals surface area contributed by atoms with Gasteiger partial charge in [0.25, 0.3) is 0 Å². The second-order valence-corrected chi connectivity index (χ2v) is 69.0. The Labute approximate surface area is 927 Å². The summed E-state index contributed by atoms with van der Waals surface area (Å²) in [4.78, 5) is 5.40. The van der Waals surface area contributed by atoms with Crippen molar-refractivity contribution in [2.75, 3.05) is 34.9 Å². The normalized spacial score (nSPS) is 11.9. The van der Waals surface area contributed by atoms with Crippen LogP contribution in [0.3, 0.4) is 0 Å². The van der Waals surface area contributed by atoms with Crippen molar-refractivity contribution in [2.45, 2.75) is 440 Å². The van der Waals surface area contributed by atoms with Gasteiger partial charge < -0.3 is 25.5 Å². The van der Waals surface area contributed by atoms with E-state index in [9.17, 15) is 25.5 Å². The number of hydrogen-bond acceptors (Lipinski definition) is 5. The van der Waals surface area contributed by atoms with Crippen LogP contribution in [0, 0.1) is 59.6 Å². The highest BCUT2D eigenvalue weighted by Gasteiger charge is 2.45. The van der Waals surface area contributed by atoms with Crippen molar-refractivity contribution in [3.8, 4) is 28.7 Å². The Morgan fingerprint density at radius 1 is 0.189 bits per heavy atom. The van der Waals surface area contributed by atoms with Gasteiger partial charge in [-0.25, -0.2) is 0 Å². The topological polar surface area (TPSA) is 101 Å². The first-order valence-corrected chi connectivity index (χ1v) is 61.6. The van der Waals surface area contributed by atoms with Gasteiger partial charge in [0, 0.05) is 0 Å². The smallest absolute Gasteiger partial charge is 0.160 e. The zero-order chi connectivity index (χ0) is 116. The molecule has 10 aromatic rings. The Hall–Kier alpha value is -7.32. The number of benzene rings is 10. The minimum Gasteiger partial charge on any atom is -0.508 e. The summed E-state index contributed by atoms with van der Waals surface area (Å²) in [6, 6.07) is 91.1.